The normalized spacial score (nSPS) is 16.6. The SMILES string of the molecule is Cl.O=C(N[C@H]1CCCNC1)c1ccc(Oc2ccc(F)cc2F)cc1. The topological polar surface area (TPSA) is 50.4 Å². The fourth-order valence-electron chi connectivity index (χ4n) is 2.60. The first-order valence-electron chi connectivity index (χ1n) is 7.86. The number of hydrogen-bond donors (Lipinski definition) is 2. The monoisotopic (exact) mass is 368 g/mol. The van der Waals surface area contributed by atoms with Gasteiger partial charge in [-0.25, -0.2) is 8.78 Å². The maximum atomic E-state index is 13.6. The minimum Gasteiger partial charge on any atom is -0.454 e. The van der Waals surface area contributed by atoms with Crippen LogP contribution in [0, 0.1) is 11.6 Å². The lowest BCUT2D eigenvalue weighted by molar-refractivity contribution is 0.0930. The van der Waals surface area contributed by atoms with Crippen LogP contribution in [-0.2, 0) is 0 Å². The molecule has 1 atom stereocenters. The van der Waals surface area contributed by atoms with E-state index in [-0.39, 0.29) is 30.1 Å². The first-order valence-corrected chi connectivity index (χ1v) is 7.86. The third-order valence-electron chi connectivity index (χ3n) is 3.87. The molecule has 1 saturated heterocycles. The summed E-state index contributed by atoms with van der Waals surface area (Å²) in [6.07, 6.45) is 2.00. The Bertz CT molecular complexity index is 720. The number of carbonyl (C=O) groups is 1. The van der Waals surface area contributed by atoms with Gasteiger partial charge in [0.15, 0.2) is 11.6 Å². The van der Waals surface area contributed by atoms with E-state index in [1.807, 2.05) is 0 Å². The van der Waals surface area contributed by atoms with Crippen molar-refractivity contribution in [1.82, 2.24) is 10.6 Å². The second-order valence-electron chi connectivity index (χ2n) is 5.72. The van der Waals surface area contributed by atoms with Crippen molar-refractivity contribution in [3.63, 3.8) is 0 Å². The Morgan fingerprint density at radius 2 is 1.92 bits per heavy atom. The lowest BCUT2D eigenvalue weighted by atomic mass is 10.1. The Hall–Kier alpha value is -2.18. The molecular weight excluding hydrogens is 350 g/mol. The predicted octanol–water partition coefficient (Wildman–Crippen LogP) is 3.66. The zero-order valence-corrected chi connectivity index (χ0v) is 14.2. The maximum absolute atomic E-state index is 13.6. The summed E-state index contributed by atoms with van der Waals surface area (Å²) in [7, 11) is 0. The first-order chi connectivity index (χ1) is 11.6. The van der Waals surface area contributed by atoms with Gasteiger partial charge < -0.3 is 15.4 Å². The maximum Gasteiger partial charge on any atom is 0.251 e. The van der Waals surface area contributed by atoms with Crippen molar-refractivity contribution < 1.29 is 18.3 Å². The minimum atomic E-state index is -0.776. The van der Waals surface area contributed by atoms with E-state index in [0.717, 1.165) is 38.1 Å². The Morgan fingerprint density at radius 1 is 1.16 bits per heavy atom. The molecule has 1 aliphatic heterocycles. The zero-order chi connectivity index (χ0) is 16.9. The van der Waals surface area contributed by atoms with E-state index in [2.05, 4.69) is 10.6 Å². The molecule has 134 valence electrons. The highest BCUT2D eigenvalue weighted by atomic mass is 35.5. The molecule has 1 fully saturated rings. The van der Waals surface area contributed by atoms with Crippen LogP contribution in [0.15, 0.2) is 42.5 Å². The molecule has 0 bridgehead atoms. The Kier molecular flexibility index (Phi) is 6.73. The minimum absolute atomic E-state index is 0. The molecule has 3 rings (SSSR count). The zero-order valence-electron chi connectivity index (χ0n) is 13.4. The average Bonchev–Trinajstić information content (AvgIpc) is 2.59. The standard InChI is InChI=1S/C18H18F2N2O2.ClH/c19-13-5-8-17(16(20)10-13)24-15-6-3-12(4-7-15)18(23)22-14-2-1-9-21-11-14;/h3-8,10,14,21H,1-2,9,11H2,(H,22,23);1H/t14-;/m0./s1. The van der Waals surface area contributed by atoms with Crippen molar-refractivity contribution in [1.29, 1.82) is 0 Å². The van der Waals surface area contributed by atoms with Crippen LogP contribution in [0.25, 0.3) is 0 Å². The van der Waals surface area contributed by atoms with Gasteiger partial charge in [-0.05, 0) is 55.8 Å². The molecule has 1 heterocycles. The van der Waals surface area contributed by atoms with Gasteiger partial charge in [0.2, 0.25) is 0 Å². The molecule has 0 unspecified atom stereocenters. The number of nitrogens with one attached hydrogen (secondary N) is 2. The van der Waals surface area contributed by atoms with Gasteiger partial charge in [-0.15, -0.1) is 12.4 Å². The van der Waals surface area contributed by atoms with Crippen molar-refractivity contribution >= 4 is 18.3 Å². The fourth-order valence-corrected chi connectivity index (χ4v) is 2.60. The molecule has 1 aliphatic rings. The summed E-state index contributed by atoms with van der Waals surface area (Å²) in [5.74, 6) is -1.29. The van der Waals surface area contributed by atoms with E-state index >= 15 is 0 Å². The van der Waals surface area contributed by atoms with Gasteiger partial charge in [-0.1, -0.05) is 0 Å². The van der Waals surface area contributed by atoms with Crippen molar-refractivity contribution in [2.24, 2.45) is 0 Å². The Morgan fingerprint density at radius 3 is 2.56 bits per heavy atom. The van der Waals surface area contributed by atoms with Crippen molar-refractivity contribution in [3.05, 3.63) is 59.7 Å². The summed E-state index contributed by atoms with van der Waals surface area (Å²) in [6, 6.07) is 9.63. The number of benzene rings is 2. The molecule has 0 spiro atoms. The van der Waals surface area contributed by atoms with Gasteiger partial charge in [0.05, 0.1) is 0 Å². The Balaban J connectivity index is 0.00000225. The number of hydrogen-bond acceptors (Lipinski definition) is 3. The van der Waals surface area contributed by atoms with E-state index in [9.17, 15) is 13.6 Å². The highest BCUT2D eigenvalue weighted by Crippen LogP contribution is 2.25. The number of amides is 1. The number of halogens is 3. The molecule has 25 heavy (non-hydrogen) atoms. The quantitative estimate of drug-likeness (QED) is 0.866. The van der Waals surface area contributed by atoms with Crippen molar-refractivity contribution in [2.45, 2.75) is 18.9 Å². The summed E-state index contributed by atoms with van der Waals surface area (Å²) in [6.45, 7) is 1.76. The molecular formula is C18H19ClF2N2O2. The van der Waals surface area contributed by atoms with Gasteiger partial charge in [0, 0.05) is 24.2 Å². The van der Waals surface area contributed by atoms with Crippen LogP contribution in [0.3, 0.4) is 0 Å². The smallest absolute Gasteiger partial charge is 0.251 e. The van der Waals surface area contributed by atoms with Gasteiger partial charge in [-0.3, -0.25) is 4.79 Å². The molecule has 1 amide bonds. The second-order valence-corrected chi connectivity index (χ2v) is 5.72. The molecule has 7 heteroatoms. The molecule has 2 aromatic rings. The number of ether oxygens (including phenoxy) is 1. The number of carbonyl (C=O) groups excluding carboxylic acids is 1. The molecule has 2 N–H and O–H groups in total. The lowest BCUT2D eigenvalue weighted by Crippen LogP contribution is -2.45. The highest BCUT2D eigenvalue weighted by Gasteiger charge is 2.16. The molecule has 4 nitrogen and oxygen atoms in total. The molecule has 2 aromatic carbocycles. The fraction of sp³-hybridized carbons (Fsp3) is 0.278. The van der Waals surface area contributed by atoms with Crippen LogP contribution >= 0.6 is 12.4 Å². The van der Waals surface area contributed by atoms with Gasteiger partial charge in [-0.2, -0.15) is 0 Å². The highest BCUT2D eigenvalue weighted by molar-refractivity contribution is 5.94. The summed E-state index contributed by atoms with van der Waals surface area (Å²) < 4.78 is 31.8. The van der Waals surface area contributed by atoms with E-state index < -0.39 is 11.6 Å². The van der Waals surface area contributed by atoms with Crippen LogP contribution in [0.2, 0.25) is 0 Å². The van der Waals surface area contributed by atoms with Crippen molar-refractivity contribution in [3.8, 4) is 11.5 Å². The van der Waals surface area contributed by atoms with Crippen molar-refractivity contribution in [2.75, 3.05) is 13.1 Å². The van der Waals surface area contributed by atoms with E-state index in [4.69, 9.17) is 4.74 Å². The van der Waals surface area contributed by atoms with Crippen LogP contribution < -0.4 is 15.4 Å². The lowest BCUT2D eigenvalue weighted by Gasteiger charge is -2.23. The van der Waals surface area contributed by atoms with Crippen LogP contribution in [0.4, 0.5) is 8.78 Å². The summed E-state index contributed by atoms with van der Waals surface area (Å²) >= 11 is 0. The summed E-state index contributed by atoms with van der Waals surface area (Å²) in [5.41, 5.74) is 0.507. The predicted molar refractivity (Wildman–Crippen MR) is 93.5 cm³/mol. The number of rotatable bonds is 4. The van der Waals surface area contributed by atoms with E-state index in [0.29, 0.717) is 11.3 Å². The Labute approximate surface area is 151 Å². The van der Waals surface area contributed by atoms with Crippen LogP contribution in [0.1, 0.15) is 23.2 Å². The largest absolute Gasteiger partial charge is 0.454 e. The third kappa shape index (κ3) is 5.14. The van der Waals surface area contributed by atoms with Crippen LogP contribution in [-0.4, -0.2) is 25.0 Å². The number of piperidine rings is 1. The summed E-state index contributed by atoms with van der Waals surface area (Å²) in [4.78, 5) is 12.2. The molecule has 0 saturated carbocycles. The van der Waals surface area contributed by atoms with E-state index in [1.165, 1.54) is 6.07 Å². The van der Waals surface area contributed by atoms with E-state index in [1.54, 1.807) is 24.3 Å². The second kappa shape index (κ2) is 8.78. The van der Waals surface area contributed by atoms with Gasteiger partial charge in [0.25, 0.3) is 5.91 Å². The summed E-state index contributed by atoms with van der Waals surface area (Å²) in [5, 5.41) is 6.22. The molecule has 0 aliphatic carbocycles. The molecule has 0 radical (unpaired) electrons. The average molecular weight is 369 g/mol. The van der Waals surface area contributed by atoms with Gasteiger partial charge in [0.1, 0.15) is 11.6 Å². The van der Waals surface area contributed by atoms with Crippen LogP contribution in [0.5, 0.6) is 11.5 Å². The van der Waals surface area contributed by atoms with Gasteiger partial charge >= 0.3 is 0 Å². The molecule has 0 aromatic heterocycles. The first kappa shape index (κ1) is 19.1. The third-order valence-corrected chi connectivity index (χ3v) is 3.87.